The highest BCUT2D eigenvalue weighted by atomic mass is 19.4. The van der Waals surface area contributed by atoms with Crippen molar-refractivity contribution in [1.29, 1.82) is 0 Å². The van der Waals surface area contributed by atoms with E-state index in [1.807, 2.05) is 30.3 Å². The van der Waals surface area contributed by atoms with Gasteiger partial charge >= 0.3 is 6.18 Å². The number of aromatic nitrogens is 2. The van der Waals surface area contributed by atoms with E-state index in [-0.39, 0.29) is 0 Å². The molecule has 0 aliphatic heterocycles. The number of para-hydroxylation sites is 1. The minimum absolute atomic E-state index is 0.549. The second-order valence-corrected chi connectivity index (χ2v) is 5.25. The molecule has 1 aromatic heterocycles. The fraction of sp³-hybridized carbons (Fsp3) is 0.111. The maximum atomic E-state index is 12.7. The van der Waals surface area contributed by atoms with Crippen molar-refractivity contribution in [3.8, 4) is 11.1 Å². The lowest BCUT2D eigenvalue weighted by Crippen LogP contribution is -2.04. The van der Waals surface area contributed by atoms with Crippen LogP contribution in [0.25, 0.3) is 11.1 Å². The molecule has 3 rings (SSSR count). The summed E-state index contributed by atoms with van der Waals surface area (Å²) in [5.41, 5.74) is 1.40. The summed E-state index contributed by atoms with van der Waals surface area (Å²) in [5.74, 6) is 1.12. The van der Waals surface area contributed by atoms with Crippen LogP contribution in [0.1, 0.15) is 11.4 Å². The fourth-order valence-corrected chi connectivity index (χ4v) is 2.27. The van der Waals surface area contributed by atoms with Gasteiger partial charge < -0.3 is 5.32 Å². The van der Waals surface area contributed by atoms with Crippen molar-refractivity contribution >= 4 is 11.5 Å². The molecule has 0 aliphatic rings. The van der Waals surface area contributed by atoms with Crippen molar-refractivity contribution < 1.29 is 13.2 Å². The number of benzene rings is 2. The predicted octanol–water partition coefficient (Wildman–Crippen LogP) is 5.21. The molecule has 0 amide bonds. The Kier molecular flexibility index (Phi) is 4.20. The van der Waals surface area contributed by atoms with Gasteiger partial charge in [-0.25, -0.2) is 9.97 Å². The van der Waals surface area contributed by atoms with Crippen LogP contribution < -0.4 is 5.32 Å². The second-order valence-electron chi connectivity index (χ2n) is 5.25. The lowest BCUT2D eigenvalue weighted by molar-refractivity contribution is -0.137. The van der Waals surface area contributed by atoms with Gasteiger partial charge in [0, 0.05) is 17.4 Å². The Morgan fingerprint density at radius 1 is 0.917 bits per heavy atom. The molecule has 0 aliphatic carbocycles. The average molecular weight is 329 g/mol. The quantitative estimate of drug-likeness (QED) is 0.716. The van der Waals surface area contributed by atoms with Crippen LogP contribution in [0.2, 0.25) is 0 Å². The molecular formula is C18H14F3N3. The van der Waals surface area contributed by atoms with Gasteiger partial charge in [0.05, 0.1) is 5.56 Å². The molecule has 0 atom stereocenters. The van der Waals surface area contributed by atoms with Gasteiger partial charge in [0.1, 0.15) is 11.6 Å². The molecule has 0 spiro atoms. The summed E-state index contributed by atoms with van der Waals surface area (Å²) in [6.07, 6.45) is -2.75. The summed E-state index contributed by atoms with van der Waals surface area (Å²) in [7, 11) is 0. The Morgan fingerprint density at radius 3 is 2.21 bits per heavy atom. The van der Waals surface area contributed by atoms with E-state index in [1.54, 1.807) is 13.1 Å². The lowest BCUT2D eigenvalue weighted by Gasteiger charge is -2.13. The molecule has 1 N–H and O–H groups in total. The van der Waals surface area contributed by atoms with Crippen LogP contribution in [-0.2, 0) is 6.18 Å². The van der Waals surface area contributed by atoms with Gasteiger partial charge in [0.2, 0.25) is 0 Å². The number of alkyl halides is 3. The summed E-state index contributed by atoms with van der Waals surface area (Å²) >= 11 is 0. The first-order chi connectivity index (χ1) is 11.4. The zero-order chi connectivity index (χ0) is 17.2. The van der Waals surface area contributed by atoms with E-state index in [0.29, 0.717) is 22.8 Å². The van der Waals surface area contributed by atoms with Gasteiger partial charge in [0.15, 0.2) is 0 Å². The number of hydrogen-bond acceptors (Lipinski definition) is 3. The molecule has 3 aromatic rings. The first-order valence-electron chi connectivity index (χ1n) is 7.27. The first kappa shape index (κ1) is 16.0. The topological polar surface area (TPSA) is 37.8 Å². The molecule has 3 nitrogen and oxygen atoms in total. The van der Waals surface area contributed by atoms with E-state index in [1.165, 1.54) is 12.1 Å². The van der Waals surface area contributed by atoms with Gasteiger partial charge in [-0.3, -0.25) is 0 Å². The molecule has 2 aromatic carbocycles. The third-order valence-electron chi connectivity index (χ3n) is 3.47. The van der Waals surface area contributed by atoms with Crippen molar-refractivity contribution in [3.63, 3.8) is 0 Å². The Morgan fingerprint density at radius 2 is 1.58 bits per heavy atom. The standard InChI is InChI=1S/C18H14F3N3/c1-12-22-11-16(13-7-9-14(10-8-13)18(19,20)21)17(23-12)24-15-5-3-2-4-6-15/h2-11H,1H3,(H,22,23,24). The molecule has 6 heteroatoms. The van der Waals surface area contributed by atoms with Gasteiger partial charge in [-0.15, -0.1) is 0 Å². The summed E-state index contributed by atoms with van der Waals surface area (Å²) in [6, 6.07) is 14.4. The summed E-state index contributed by atoms with van der Waals surface area (Å²) in [5, 5.41) is 3.18. The summed E-state index contributed by atoms with van der Waals surface area (Å²) < 4.78 is 38.1. The number of aryl methyl sites for hydroxylation is 1. The third kappa shape index (κ3) is 3.53. The predicted molar refractivity (Wildman–Crippen MR) is 86.9 cm³/mol. The molecule has 0 unspecified atom stereocenters. The van der Waals surface area contributed by atoms with E-state index >= 15 is 0 Å². The van der Waals surface area contributed by atoms with Crippen LogP contribution >= 0.6 is 0 Å². The van der Waals surface area contributed by atoms with E-state index in [0.717, 1.165) is 17.8 Å². The molecule has 122 valence electrons. The number of nitrogens with zero attached hydrogens (tertiary/aromatic N) is 2. The largest absolute Gasteiger partial charge is 0.416 e. The Labute approximate surface area is 137 Å². The number of halogens is 3. The van der Waals surface area contributed by atoms with E-state index in [2.05, 4.69) is 15.3 Å². The normalized spacial score (nSPS) is 11.3. The molecular weight excluding hydrogens is 315 g/mol. The Hall–Kier alpha value is -2.89. The van der Waals surface area contributed by atoms with Crippen LogP contribution in [0.15, 0.2) is 60.8 Å². The average Bonchev–Trinajstić information content (AvgIpc) is 2.55. The lowest BCUT2D eigenvalue weighted by atomic mass is 10.1. The van der Waals surface area contributed by atoms with Crippen LogP contribution in [-0.4, -0.2) is 9.97 Å². The molecule has 0 bridgehead atoms. The van der Waals surface area contributed by atoms with E-state index < -0.39 is 11.7 Å². The molecule has 24 heavy (non-hydrogen) atoms. The van der Waals surface area contributed by atoms with Crippen molar-refractivity contribution in [2.45, 2.75) is 13.1 Å². The monoisotopic (exact) mass is 329 g/mol. The number of nitrogens with one attached hydrogen (secondary N) is 1. The van der Waals surface area contributed by atoms with Gasteiger partial charge in [-0.2, -0.15) is 13.2 Å². The highest BCUT2D eigenvalue weighted by Gasteiger charge is 2.30. The van der Waals surface area contributed by atoms with Crippen LogP contribution in [0, 0.1) is 6.92 Å². The van der Waals surface area contributed by atoms with Gasteiger partial charge in [0.25, 0.3) is 0 Å². The Bertz CT molecular complexity index is 828. The van der Waals surface area contributed by atoms with Crippen molar-refractivity contribution in [3.05, 3.63) is 72.2 Å². The summed E-state index contributed by atoms with van der Waals surface area (Å²) in [4.78, 5) is 8.53. The number of hydrogen-bond donors (Lipinski definition) is 1. The minimum atomic E-state index is -4.35. The molecule has 0 saturated heterocycles. The molecule has 0 fully saturated rings. The first-order valence-corrected chi connectivity index (χ1v) is 7.27. The van der Waals surface area contributed by atoms with Crippen molar-refractivity contribution in [2.75, 3.05) is 5.32 Å². The van der Waals surface area contributed by atoms with Crippen LogP contribution in [0.3, 0.4) is 0 Å². The van der Waals surface area contributed by atoms with Crippen LogP contribution in [0.5, 0.6) is 0 Å². The van der Waals surface area contributed by atoms with Crippen LogP contribution in [0.4, 0.5) is 24.7 Å². The Balaban J connectivity index is 1.99. The highest BCUT2D eigenvalue weighted by molar-refractivity contribution is 5.77. The number of rotatable bonds is 3. The smallest absolute Gasteiger partial charge is 0.340 e. The molecule has 1 heterocycles. The van der Waals surface area contributed by atoms with Crippen molar-refractivity contribution in [1.82, 2.24) is 9.97 Å². The number of anilines is 2. The van der Waals surface area contributed by atoms with E-state index in [4.69, 9.17) is 0 Å². The minimum Gasteiger partial charge on any atom is -0.340 e. The summed E-state index contributed by atoms with van der Waals surface area (Å²) in [6.45, 7) is 1.76. The highest BCUT2D eigenvalue weighted by Crippen LogP contribution is 2.33. The third-order valence-corrected chi connectivity index (χ3v) is 3.47. The zero-order valence-corrected chi connectivity index (χ0v) is 12.8. The second kappa shape index (κ2) is 6.31. The maximum absolute atomic E-state index is 12.7. The van der Waals surface area contributed by atoms with Gasteiger partial charge in [-0.05, 0) is 36.8 Å². The molecule has 0 radical (unpaired) electrons. The van der Waals surface area contributed by atoms with Crippen molar-refractivity contribution in [2.24, 2.45) is 0 Å². The van der Waals surface area contributed by atoms with Gasteiger partial charge in [-0.1, -0.05) is 30.3 Å². The molecule has 0 saturated carbocycles. The SMILES string of the molecule is Cc1ncc(-c2ccc(C(F)(F)F)cc2)c(Nc2ccccc2)n1. The van der Waals surface area contributed by atoms with E-state index in [9.17, 15) is 13.2 Å². The zero-order valence-electron chi connectivity index (χ0n) is 12.8. The maximum Gasteiger partial charge on any atom is 0.416 e. The fourth-order valence-electron chi connectivity index (χ4n) is 2.27.